The van der Waals surface area contributed by atoms with E-state index in [2.05, 4.69) is 32.1 Å². The number of nitrogens with zero attached hydrogens (tertiary/aromatic N) is 6. The number of piperazine rings is 1. The van der Waals surface area contributed by atoms with Crippen molar-refractivity contribution in [3.8, 4) is 0 Å². The minimum atomic E-state index is -0.727. The molecule has 4 rings (SSSR count). The number of aliphatic hydroxyl groups is 1. The molecule has 1 saturated heterocycles. The minimum absolute atomic E-state index is 0.665. The minimum Gasteiger partial charge on any atom is -0.380 e. The van der Waals surface area contributed by atoms with Gasteiger partial charge in [-0.2, -0.15) is 5.10 Å². The van der Waals surface area contributed by atoms with Crippen molar-refractivity contribution in [2.75, 3.05) is 31.1 Å². The first-order chi connectivity index (χ1) is 13.1. The molecule has 27 heavy (non-hydrogen) atoms. The average Bonchev–Trinajstić information content (AvgIpc) is 3.30. The normalized spacial score (nSPS) is 16.6. The number of imidazole rings is 1. The van der Waals surface area contributed by atoms with Crippen LogP contribution in [0.25, 0.3) is 0 Å². The standard InChI is InChI=1S/C20H26N6O/c1-23-8-7-21-20(23)19(27)17-5-3-4-6-18(17)26-11-9-25(10-12-26)15-16-13-22-24(2)14-16/h3-8,13-14,19,27H,9-12,15H2,1-2H3. The van der Waals surface area contributed by atoms with E-state index in [1.165, 1.54) is 5.56 Å². The lowest BCUT2D eigenvalue weighted by Gasteiger charge is -2.37. The van der Waals surface area contributed by atoms with Crippen molar-refractivity contribution >= 4 is 5.69 Å². The highest BCUT2D eigenvalue weighted by atomic mass is 16.3. The average molecular weight is 366 g/mol. The first kappa shape index (κ1) is 17.8. The van der Waals surface area contributed by atoms with Gasteiger partial charge in [-0.3, -0.25) is 9.58 Å². The molecule has 3 heterocycles. The van der Waals surface area contributed by atoms with E-state index in [0.717, 1.165) is 44.0 Å². The van der Waals surface area contributed by atoms with Crippen molar-refractivity contribution in [2.24, 2.45) is 14.1 Å². The van der Waals surface area contributed by atoms with E-state index in [1.54, 1.807) is 6.20 Å². The van der Waals surface area contributed by atoms with Crippen LogP contribution in [-0.4, -0.2) is 55.5 Å². The van der Waals surface area contributed by atoms with Gasteiger partial charge in [0.15, 0.2) is 0 Å². The molecule has 0 bridgehead atoms. The number of anilines is 1. The number of hydrogen-bond donors (Lipinski definition) is 1. The molecule has 3 aromatic rings. The van der Waals surface area contributed by atoms with Gasteiger partial charge in [0.2, 0.25) is 0 Å². The molecule has 0 amide bonds. The van der Waals surface area contributed by atoms with Gasteiger partial charge in [0.1, 0.15) is 11.9 Å². The van der Waals surface area contributed by atoms with E-state index in [4.69, 9.17) is 0 Å². The molecule has 7 nitrogen and oxygen atoms in total. The quantitative estimate of drug-likeness (QED) is 0.742. The van der Waals surface area contributed by atoms with Gasteiger partial charge in [0.25, 0.3) is 0 Å². The molecule has 7 heteroatoms. The lowest BCUT2D eigenvalue weighted by molar-refractivity contribution is 0.205. The molecule has 0 radical (unpaired) electrons. The van der Waals surface area contributed by atoms with Gasteiger partial charge >= 0.3 is 0 Å². The summed E-state index contributed by atoms with van der Waals surface area (Å²) < 4.78 is 3.72. The number of benzene rings is 1. The lowest BCUT2D eigenvalue weighted by atomic mass is 10.0. The van der Waals surface area contributed by atoms with Crippen LogP contribution < -0.4 is 4.90 Å². The Labute approximate surface area is 159 Å². The van der Waals surface area contributed by atoms with Crippen molar-refractivity contribution in [1.29, 1.82) is 0 Å². The summed E-state index contributed by atoms with van der Waals surface area (Å²) in [6.45, 7) is 4.78. The predicted octanol–water partition coefficient (Wildman–Crippen LogP) is 1.56. The van der Waals surface area contributed by atoms with Gasteiger partial charge in [-0.15, -0.1) is 0 Å². The van der Waals surface area contributed by atoms with Crippen LogP contribution in [0, 0.1) is 0 Å². The molecule has 1 aromatic carbocycles. The Bertz CT molecular complexity index is 893. The van der Waals surface area contributed by atoms with E-state index < -0.39 is 6.10 Å². The SMILES string of the molecule is Cn1cc(CN2CCN(c3ccccc3C(O)c3nccn3C)CC2)cn1. The third-order valence-electron chi connectivity index (χ3n) is 5.21. The molecule has 1 fully saturated rings. The van der Waals surface area contributed by atoms with Crippen LogP contribution in [0.5, 0.6) is 0 Å². The maximum absolute atomic E-state index is 10.9. The van der Waals surface area contributed by atoms with Crippen LogP contribution in [0.2, 0.25) is 0 Å². The molecule has 1 aliphatic rings. The van der Waals surface area contributed by atoms with E-state index in [9.17, 15) is 5.11 Å². The number of hydrogen-bond acceptors (Lipinski definition) is 5. The van der Waals surface area contributed by atoms with Crippen LogP contribution >= 0.6 is 0 Å². The van der Waals surface area contributed by atoms with Crippen molar-refractivity contribution in [3.63, 3.8) is 0 Å². The maximum Gasteiger partial charge on any atom is 0.142 e. The highest BCUT2D eigenvalue weighted by molar-refractivity contribution is 5.56. The summed E-state index contributed by atoms with van der Waals surface area (Å²) in [7, 11) is 3.86. The Morgan fingerprint density at radius 2 is 1.89 bits per heavy atom. The van der Waals surface area contributed by atoms with Crippen molar-refractivity contribution < 1.29 is 5.11 Å². The third kappa shape index (κ3) is 3.74. The first-order valence-corrected chi connectivity index (χ1v) is 9.31. The summed E-state index contributed by atoms with van der Waals surface area (Å²) in [5.74, 6) is 0.665. The molecule has 2 aromatic heterocycles. The largest absolute Gasteiger partial charge is 0.380 e. The smallest absolute Gasteiger partial charge is 0.142 e. The Morgan fingerprint density at radius 3 is 2.56 bits per heavy atom. The lowest BCUT2D eigenvalue weighted by Crippen LogP contribution is -2.46. The number of rotatable bonds is 5. The molecular weight excluding hydrogens is 340 g/mol. The fraction of sp³-hybridized carbons (Fsp3) is 0.400. The highest BCUT2D eigenvalue weighted by Crippen LogP contribution is 2.30. The second kappa shape index (κ2) is 7.54. The molecule has 0 saturated carbocycles. The van der Waals surface area contributed by atoms with E-state index in [-0.39, 0.29) is 0 Å². The number of aryl methyl sites for hydroxylation is 2. The summed E-state index contributed by atoms with van der Waals surface area (Å²) in [6.07, 6.45) is 6.86. The van der Waals surface area contributed by atoms with Crippen LogP contribution in [0.3, 0.4) is 0 Å². The number of para-hydroxylation sites is 1. The van der Waals surface area contributed by atoms with Crippen molar-refractivity contribution in [2.45, 2.75) is 12.6 Å². The molecule has 1 atom stereocenters. The maximum atomic E-state index is 10.9. The van der Waals surface area contributed by atoms with Gasteiger partial charge < -0.3 is 14.6 Å². The number of aliphatic hydroxyl groups excluding tert-OH is 1. The van der Waals surface area contributed by atoms with Crippen LogP contribution in [0.15, 0.2) is 49.1 Å². The molecule has 1 N–H and O–H groups in total. The van der Waals surface area contributed by atoms with Crippen LogP contribution in [0.1, 0.15) is 23.1 Å². The molecule has 1 aliphatic heterocycles. The topological polar surface area (TPSA) is 62.4 Å². The van der Waals surface area contributed by atoms with Gasteiger partial charge in [-0.1, -0.05) is 18.2 Å². The molecule has 142 valence electrons. The van der Waals surface area contributed by atoms with E-state index in [0.29, 0.717) is 5.82 Å². The fourth-order valence-electron chi connectivity index (χ4n) is 3.75. The summed E-state index contributed by atoms with van der Waals surface area (Å²) in [6, 6.07) is 8.10. The first-order valence-electron chi connectivity index (χ1n) is 9.31. The van der Waals surface area contributed by atoms with E-state index >= 15 is 0 Å². The summed E-state index contributed by atoms with van der Waals surface area (Å²) in [4.78, 5) is 9.13. The summed E-state index contributed by atoms with van der Waals surface area (Å²) in [5.41, 5.74) is 3.25. The number of aromatic nitrogens is 4. The Hall–Kier alpha value is -2.64. The predicted molar refractivity (Wildman–Crippen MR) is 104 cm³/mol. The van der Waals surface area contributed by atoms with Gasteiger partial charge in [0.05, 0.1) is 6.20 Å². The zero-order valence-electron chi connectivity index (χ0n) is 15.9. The van der Waals surface area contributed by atoms with Crippen molar-refractivity contribution in [3.05, 3.63) is 66.0 Å². The Kier molecular flexibility index (Phi) is 4.96. The molecule has 1 unspecified atom stereocenters. The fourth-order valence-corrected chi connectivity index (χ4v) is 3.75. The Balaban J connectivity index is 1.46. The molecule has 0 aliphatic carbocycles. The third-order valence-corrected chi connectivity index (χ3v) is 5.21. The molecular formula is C20H26N6O. The second-order valence-electron chi connectivity index (χ2n) is 7.14. The second-order valence-corrected chi connectivity index (χ2v) is 7.14. The van der Waals surface area contributed by atoms with Crippen LogP contribution in [0.4, 0.5) is 5.69 Å². The zero-order chi connectivity index (χ0) is 18.8. The van der Waals surface area contributed by atoms with Gasteiger partial charge in [-0.25, -0.2) is 4.98 Å². The Morgan fingerprint density at radius 1 is 1.11 bits per heavy atom. The summed E-state index contributed by atoms with van der Waals surface area (Å²) >= 11 is 0. The summed E-state index contributed by atoms with van der Waals surface area (Å²) in [5, 5.41) is 15.1. The van der Waals surface area contributed by atoms with Gasteiger partial charge in [-0.05, 0) is 6.07 Å². The van der Waals surface area contributed by atoms with Crippen molar-refractivity contribution in [1.82, 2.24) is 24.2 Å². The molecule has 0 spiro atoms. The zero-order valence-corrected chi connectivity index (χ0v) is 15.9. The van der Waals surface area contributed by atoms with Crippen LogP contribution in [-0.2, 0) is 20.6 Å². The monoisotopic (exact) mass is 366 g/mol. The van der Waals surface area contributed by atoms with E-state index in [1.807, 2.05) is 53.9 Å². The van der Waals surface area contributed by atoms with Gasteiger partial charge in [0, 0.05) is 82.2 Å². The highest BCUT2D eigenvalue weighted by Gasteiger charge is 2.24.